The third-order valence-electron chi connectivity index (χ3n) is 7.31. The number of nitriles is 1. The van der Waals surface area contributed by atoms with Gasteiger partial charge < -0.3 is 19.3 Å². The first-order valence-electron chi connectivity index (χ1n) is 12.5. The van der Waals surface area contributed by atoms with E-state index < -0.39 is 6.23 Å². The number of aromatic nitrogens is 2. The van der Waals surface area contributed by atoms with Crippen LogP contribution in [-0.4, -0.2) is 71.1 Å². The van der Waals surface area contributed by atoms with Gasteiger partial charge in [-0.25, -0.2) is 0 Å². The lowest BCUT2D eigenvalue weighted by Crippen LogP contribution is -2.36. The van der Waals surface area contributed by atoms with Crippen molar-refractivity contribution in [2.75, 3.05) is 33.7 Å². The van der Waals surface area contributed by atoms with Gasteiger partial charge in [0.1, 0.15) is 18.0 Å². The molecule has 1 fully saturated rings. The second kappa shape index (κ2) is 9.66. The van der Waals surface area contributed by atoms with E-state index in [9.17, 15) is 10.4 Å². The average molecular weight is 488 g/mol. The van der Waals surface area contributed by atoms with Crippen LogP contribution in [0.15, 0.2) is 40.9 Å². The summed E-state index contributed by atoms with van der Waals surface area (Å²) in [6.45, 7) is 6.48. The smallest absolute Gasteiger partial charge is 0.258 e. The van der Waals surface area contributed by atoms with Crippen molar-refractivity contribution in [2.24, 2.45) is 0 Å². The van der Waals surface area contributed by atoms with Crippen LogP contribution in [0.5, 0.6) is 5.75 Å². The lowest BCUT2D eigenvalue weighted by molar-refractivity contribution is 0.0346. The Labute approximate surface area is 212 Å². The molecule has 1 unspecified atom stereocenters. The van der Waals surface area contributed by atoms with E-state index in [0.717, 1.165) is 44.5 Å². The Balaban J connectivity index is 1.42. The van der Waals surface area contributed by atoms with Crippen molar-refractivity contribution >= 4 is 0 Å². The summed E-state index contributed by atoms with van der Waals surface area (Å²) in [6.07, 6.45) is 2.22. The summed E-state index contributed by atoms with van der Waals surface area (Å²) in [6, 6.07) is 13.8. The minimum Gasteiger partial charge on any atom is -0.490 e. The van der Waals surface area contributed by atoms with Crippen molar-refractivity contribution < 1.29 is 14.4 Å². The van der Waals surface area contributed by atoms with Gasteiger partial charge in [0.2, 0.25) is 5.82 Å². The van der Waals surface area contributed by atoms with Crippen molar-refractivity contribution in [1.29, 1.82) is 5.26 Å². The maximum atomic E-state index is 10.8. The summed E-state index contributed by atoms with van der Waals surface area (Å²) < 4.78 is 11.4. The third-order valence-corrected chi connectivity index (χ3v) is 7.31. The molecular weight excluding hydrogens is 454 g/mol. The summed E-state index contributed by atoms with van der Waals surface area (Å²) >= 11 is 0. The molecule has 188 valence electrons. The molecular formula is C28H33N5O3. The minimum atomic E-state index is -0.423. The first-order valence-corrected chi connectivity index (χ1v) is 12.5. The molecule has 0 saturated carbocycles. The molecule has 3 aromatic rings. The quantitative estimate of drug-likeness (QED) is 0.537. The molecule has 1 spiro atoms. The highest BCUT2D eigenvalue weighted by atomic mass is 16.5. The van der Waals surface area contributed by atoms with Gasteiger partial charge in [-0.3, -0.25) is 4.90 Å². The molecule has 0 radical (unpaired) electrons. The molecule has 5 rings (SSSR count). The van der Waals surface area contributed by atoms with Crippen LogP contribution in [-0.2, 0) is 11.8 Å². The molecule has 2 atom stereocenters. The van der Waals surface area contributed by atoms with E-state index >= 15 is 0 Å². The second-order valence-electron chi connectivity index (χ2n) is 10.5. The van der Waals surface area contributed by atoms with Crippen LogP contribution >= 0.6 is 0 Å². The Morgan fingerprint density at radius 3 is 2.89 bits per heavy atom. The second-order valence-corrected chi connectivity index (χ2v) is 10.5. The van der Waals surface area contributed by atoms with E-state index in [1.807, 2.05) is 26.0 Å². The topological polar surface area (TPSA) is 98.7 Å². The summed E-state index contributed by atoms with van der Waals surface area (Å²) in [7, 11) is 4.12. The van der Waals surface area contributed by atoms with Crippen molar-refractivity contribution in [1.82, 2.24) is 19.9 Å². The van der Waals surface area contributed by atoms with Crippen molar-refractivity contribution in [2.45, 2.75) is 50.9 Å². The number of ether oxygens (including phenoxy) is 1. The maximum absolute atomic E-state index is 10.8. The zero-order chi connectivity index (χ0) is 25.4. The molecule has 1 aliphatic heterocycles. The van der Waals surface area contributed by atoms with Gasteiger partial charge in [-0.2, -0.15) is 10.2 Å². The largest absolute Gasteiger partial charge is 0.490 e. The van der Waals surface area contributed by atoms with E-state index in [-0.39, 0.29) is 11.5 Å². The molecule has 36 heavy (non-hydrogen) atoms. The predicted molar refractivity (Wildman–Crippen MR) is 136 cm³/mol. The molecule has 1 aliphatic carbocycles. The fourth-order valence-corrected chi connectivity index (χ4v) is 5.59. The lowest BCUT2D eigenvalue weighted by Gasteiger charge is -2.26. The predicted octanol–water partition coefficient (Wildman–Crippen LogP) is 3.83. The zero-order valence-corrected chi connectivity index (χ0v) is 21.4. The standard InChI is InChI=1S/C28H33N5O3/c1-18(2)35-24-9-8-19(14-20(24)16-29)27-30-26(31-36-27)22-6-5-7-23-21(22)10-11-28(23)15-25(34)33(17-28)13-12-32(3)4/h5-9,14,18,25,34H,10-13,15,17H2,1-4H3/t25?,28-/m1/s1. The molecule has 2 aliphatic rings. The molecule has 1 aromatic heterocycles. The summed E-state index contributed by atoms with van der Waals surface area (Å²) in [5.74, 6) is 1.46. The number of benzene rings is 2. The Morgan fingerprint density at radius 1 is 1.31 bits per heavy atom. The number of likely N-dealkylation sites (tertiary alicyclic amines) is 1. The van der Waals surface area contributed by atoms with Crippen molar-refractivity contribution in [3.05, 3.63) is 53.1 Å². The first-order chi connectivity index (χ1) is 17.3. The zero-order valence-electron chi connectivity index (χ0n) is 21.4. The Morgan fingerprint density at radius 2 is 2.14 bits per heavy atom. The van der Waals surface area contributed by atoms with Gasteiger partial charge in [0.05, 0.1) is 11.7 Å². The van der Waals surface area contributed by atoms with Gasteiger partial charge >= 0.3 is 0 Å². The maximum Gasteiger partial charge on any atom is 0.258 e. The molecule has 2 heterocycles. The third kappa shape index (κ3) is 4.50. The van der Waals surface area contributed by atoms with E-state index in [2.05, 4.69) is 47.3 Å². The van der Waals surface area contributed by atoms with Gasteiger partial charge in [0.25, 0.3) is 5.89 Å². The molecule has 2 aromatic carbocycles. The molecule has 8 heteroatoms. The van der Waals surface area contributed by atoms with Gasteiger partial charge in [-0.15, -0.1) is 0 Å². The molecule has 1 N–H and O–H groups in total. The lowest BCUT2D eigenvalue weighted by atomic mass is 9.80. The van der Waals surface area contributed by atoms with Crippen molar-refractivity contribution in [3.63, 3.8) is 0 Å². The minimum absolute atomic E-state index is 0.0255. The summed E-state index contributed by atoms with van der Waals surface area (Å²) in [4.78, 5) is 9.05. The van der Waals surface area contributed by atoms with Crippen molar-refractivity contribution in [3.8, 4) is 34.7 Å². The van der Waals surface area contributed by atoms with Crippen LogP contribution in [0.1, 0.15) is 43.4 Å². The number of nitrogens with zero attached hydrogens (tertiary/aromatic N) is 5. The number of hydrogen-bond acceptors (Lipinski definition) is 8. The normalized spacial score (nSPS) is 21.4. The highest BCUT2D eigenvalue weighted by Crippen LogP contribution is 2.49. The van der Waals surface area contributed by atoms with E-state index in [1.165, 1.54) is 11.1 Å². The van der Waals surface area contributed by atoms with E-state index in [0.29, 0.717) is 28.6 Å². The van der Waals surface area contributed by atoms with Crippen LogP contribution in [0.3, 0.4) is 0 Å². The molecule has 0 amide bonds. The van der Waals surface area contributed by atoms with E-state index in [1.54, 1.807) is 12.1 Å². The number of aliphatic hydroxyl groups excluding tert-OH is 1. The van der Waals surface area contributed by atoms with Crippen LogP contribution in [0.2, 0.25) is 0 Å². The van der Waals surface area contributed by atoms with Gasteiger partial charge in [0.15, 0.2) is 0 Å². The Kier molecular flexibility index (Phi) is 6.56. The highest BCUT2D eigenvalue weighted by Gasteiger charge is 2.48. The summed E-state index contributed by atoms with van der Waals surface area (Å²) in [5, 5.41) is 24.7. The van der Waals surface area contributed by atoms with E-state index in [4.69, 9.17) is 14.2 Å². The van der Waals surface area contributed by atoms with Crippen LogP contribution < -0.4 is 4.74 Å². The average Bonchev–Trinajstić information content (AvgIpc) is 3.55. The van der Waals surface area contributed by atoms with Gasteiger partial charge in [-0.1, -0.05) is 23.4 Å². The first kappa shape index (κ1) is 24.4. The highest BCUT2D eigenvalue weighted by molar-refractivity contribution is 5.68. The van der Waals surface area contributed by atoms with Gasteiger partial charge in [0, 0.05) is 36.2 Å². The van der Waals surface area contributed by atoms with Gasteiger partial charge in [-0.05, 0) is 76.5 Å². The number of hydrogen-bond donors (Lipinski definition) is 1. The molecule has 8 nitrogen and oxygen atoms in total. The number of rotatable bonds is 7. The van der Waals surface area contributed by atoms with Crippen LogP contribution in [0.4, 0.5) is 0 Å². The fourth-order valence-electron chi connectivity index (χ4n) is 5.59. The SMILES string of the molecule is CC(C)Oc1ccc(-c2nc(-c3cccc4c3CC[C@]43CC(O)N(CCN(C)C)C3)no2)cc1C#N. The monoisotopic (exact) mass is 487 g/mol. The molecule has 0 bridgehead atoms. The fraction of sp³-hybridized carbons (Fsp3) is 0.464. The molecule has 1 saturated heterocycles. The number of aliphatic hydroxyl groups is 1. The van der Waals surface area contributed by atoms with Crippen LogP contribution in [0.25, 0.3) is 22.8 Å². The Hall–Kier alpha value is -3.25. The number of fused-ring (bicyclic) bond motifs is 2. The number of likely N-dealkylation sites (N-methyl/N-ethyl adjacent to an activating group) is 1. The van der Waals surface area contributed by atoms with Crippen LogP contribution in [0, 0.1) is 11.3 Å². The summed E-state index contributed by atoms with van der Waals surface area (Å²) in [5.41, 5.74) is 4.57. The Bertz CT molecular complexity index is 1290.